The zero-order valence-corrected chi connectivity index (χ0v) is 12.1. The molecule has 1 rings (SSSR count). The molecule has 0 radical (unpaired) electrons. The average molecular weight is 281 g/mol. The van der Waals surface area contributed by atoms with Crippen LogP contribution in [0.2, 0.25) is 0 Å². The van der Waals surface area contributed by atoms with Gasteiger partial charge in [-0.15, -0.1) is 0 Å². The number of anilines is 1. The minimum absolute atomic E-state index is 0.108. The Labute approximate surface area is 120 Å². The van der Waals surface area contributed by atoms with Gasteiger partial charge in [0.2, 0.25) is 5.91 Å². The molecular weight excluding hydrogens is 257 g/mol. The number of phenolic OH excluding ortho intramolecular Hbond substituents is 1. The predicted molar refractivity (Wildman–Crippen MR) is 79.3 cm³/mol. The molecule has 0 unspecified atom stereocenters. The molecule has 0 aliphatic heterocycles. The number of hydrogen-bond acceptors (Lipinski definition) is 2. The Morgan fingerprint density at radius 2 is 1.80 bits per heavy atom. The molecule has 0 heterocycles. The Bertz CT molecular complexity index is 421. The maximum atomic E-state index is 13.1. The lowest BCUT2D eigenvalue weighted by Gasteiger charge is -2.06. The Kier molecular flexibility index (Phi) is 7.70. The van der Waals surface area contributed by atoms with Crippen LogP contribution in [0.25, 0.3) is 0 Å². The van der Waals surface area contributed by atoms with Gasteiger partial charge >= 0.3 is 0 Å². The molecule has 0 atom stereocenters. The number of nitrogens with one attached hydrogen (secondary N) is 1. The summed E-state index contributed by atoms with van der Waals surface area (Å²) in [5.41, 5.74) is 0.383. The molecule has 0 bridgehead atoms. The molecule has 1 aromatic rings. The molecule has 0 aliphatic carbocycles. The van der Waals surface area contributed by atoms with E-state index in [0.717, 1.165) is 18.9 Å². The van der Waals surface area contributed by atoms with Crippen molar-refractivity contribution in [3.8, 4) is 5.75 Å². The van der Waals surface area contributed by atoms with Gasteiger partial charge in [0.1, 0.15) is 0 Å². The molecule has 0 saturated heterocycles. The summed E-state index contributed by atoms with van der Waals surface area (Å²) in [6, 6.07) is 3.84. The van der Waals surface area contributed by atoms with Crippen LogP contribution in [0.4, 0.5) is 10.1 Å². The molecular formula is C16H24FNO2. The third-order valence-corrected chi connectivity index (χ3v) is 3.24. The first kappa shape index (κ1) is 16.5. The molecule has 1 amide bonds. The summed E-state index contributed by atoms with van der Waals surface area (Å²) in [5.74, 6) is -1.24. The summed E-state index contributed by atoms with van der Waals surface area (Å²) in [6.07, 6.45) is 8.57. The first-order chi connectivity index (χ1) is 9.63. The minimum atomic E-state index is -0.723. The molecule has 3 nitrogen and oxygen atoms in total. The van der Waals surface area contributed by atoms with Gasteiger partial charge < -0.3 is 10.4 Å². The Morgan fingerprint density at radius 3 is 2.45 bits per heavy atom. The number of benzene rings is 1. The molecule has 4 heteroatoms. The maximum absolute atomic E-state index is 13.1. The van der Waals surface area contributed by atoms with E-state index in [-0.39, 0.29) is 5.91 Å². The molecule has 20 heavy (non-hydrogen) atoms. The van der Waals surface area contributed by atoms with Gasteiger partial charge in [0.15, 0.2) is 11.6 Å². The fourth-order valence-electron chi connectivity index (χ4n) is 2.05. The van der Waals surface area contributed by atoms with E-state index in [2.05, 4.69) is 12.2 Å². The van der Waals surface area contributed by atoms with Crippen LogP contribution in [0.1, 0.15) is 58.3 Å². The highest BCUT2D eigenvalue weighted by Gasteiger charge is 2.05. The van der Waals surface area contributed by atoms with E-state index < -0.39 is 11.6 Å². The molecule has 0 fully saturated rings. The predicted octanol–water partition coefficient (Wildman–Crippen LogP) is 4.61. The average Bonchev–Trinajstić information content (AvgIpc) is 2.42. The summed E-state index contributed by atoms with van der Waals surface area (Å²) >= 11 is 0. The standard InChI is InChI=1S/C16H24FNO2/c1-2-3-4-5-6-7-8-9-16(20)18-13-10-11-15(19)14(17)12-13/h10-12,19H,2-9H2,1H3,(H,18,20). The molecule has 0 aliphatic rings. The Hall–Kier alpha value is -1.58. The first-order valence-corrected chi connectivity index (χ1v) is 7.42. The minimum Gasteiger partial charge on any atom is -0.505 e. The summed E-state index contributed by atoms with van der Waals surface area (Å²) < 4.78 is 13.1. The summed E-state index contributed by atoms with van der Waals surface area (Å²) in [5, 5.41) is 11.7. The van der Waals surface area contributed by atoms with E-state index in [0.29, 0.717) is 12.1 Å². The summed E-state index contributed by atoms with van der Waals surface area (Å²) in [7, 11) is 0. The van der Waals surface area contributed by atoms with Gasteiger partial charge in [-0.2, -0.15) is 0 Å². The largest absolute Gasteiger partial charge is 0.505 e. The third-order valence-electron chi connectivity index (χ3n) is 3.24. The molecule has 0 aromatic heterocycles. The van der Waals surface area contributed by atoms with Crippen molar-refractivity contribution in [2.75, 3.05) is 5.32 Å². The van der Waals surface area contributed by atoms with Gasteiger partial charge in [-0.3, -0.25) is 4.79 Å². The highest BCUT2D eigenvalue weighted by Crippen LogP contribution is 2.19. The highest BCUT2D eigenvalue weighted by atomic mass is 19.1. The first-order valence-electron chi connectivity index (χ1n) is 7.42. The van der Waals surface area contributed by atoms with Crippen LogP contribution in [-0.4, -0.2) is 11.0 Å². The number of rotatable bonds is 9. The molecule has 2 N–H and O–H groups in total. The number of phenols is 1. The maximum Gasteiger partial charge on any atom is 0.224 e. The number of carbonyl (C=O) groups excluding carboxylic acids is 1. The second-order valence-corrected chi connectivity index (χ2v) is 5.09. The second kappa shape index (κ2) is 9.34. The Morgan fingerprint density at radius 1 is 1.15 bits per heavy atom. The molecule has 0 saturated carbocycles. The fourth-order valence-corrected chi connectivity index (χ4v) is 2.05. The number of carbonyl (C=O) groups is 1. The zero-order chi connectivity index (χ0) is 14.8. The van der Waals surface area contributed by atoms with E-state index >= 15 is 0 Å². The van der Waals surface area contributed by atoms with Gasteiger partial charge in [0.05, 0.1) is 0 Å². The summed E-state index contributed by atoms with van der Waals surface area (Å²) in [6.45, 7) is 2.19. The van der Waals surface area contributed by atoms with Crippen molar-refractivity contribution in [3.05, 3.63) is 24.0 Å². The van der Waals surface area contributed by atoms with Crippen LogP contribution in [0, 0.1) is 5.82 Å². The van der Waals surface area contributed by atoms with Crippen molar-refractivity contribution in [2.24, 2.45) is 0 Å². The van der Waals surface area contributed by atoms with Crippen molar-refractivity contribution in [1.82, 2.24) is 0 Å². The van der Waals surface area contributed by atoms with Crippen LogP contribution >= 0.6 is 0 Å². The van der Waals surface area contributed by atoms with Crippen molar-refractivity contribution < 1.29 is 14.3 Å². The number of halogens is 1. The van der Waals surface area contributed by atoms with Gasteiger partial charge in [0.25, 0.3) is 0 Å². The number of hydrogen-bond donors (Lipinski definition) is 2. The van der Waals surface area contributed by atoms with E-state index in [4.69, 9.17) is 5.11 Å². The summed E-state index contributed by atoms with van der Waals surface area (Å²) in [4.78, 5) is 11.6. The van der Waals surface area contributed by atoms with Crippen molar-refractivity contribution in [1.29, 1.82) is 0 Å². The van der Waals surface area contributed by atoms with Crippen LogP contribution in [0.15, 0.2) is 18.2 Å². The fraction of sp³-hybridized carbons (Fsp3) is 0.562. The van der Waals surface area contributed by atoms with Crippen LogP contribution in [-0.2, 0) is 4.79 Å². The molecule has 112 valence electrons. The zero-order valence-electron chi connectivity index (χ0n) is 12.1. The SMILES string of the molecule is CCCCCCCCCC(=O)Nc1ccc(O)c(F)c1. The number of aromatic hydroxyl groups is 1. The quantitative estimate of drug-likeness (QED) is 0.513. The molecule has 1 aromatic carbocycles. The monoisotopic (exact) mass is 281 g/mol. The Balaban J connectivity index is 2.15. The smallest absolute Gasteiger partial charge is 0.224 e. The van der Waals surface area contributed by atoms with E-state index in [1.165, 1.54) is 44.2 Å². The van der Waals surface area contributed by atoms with E-state index in [1.54, 1.807) is 0 Å². The van der Waals surface area contributed by atoms with Crippen LogP contribution in [0.3, 0.4) is 0 Å². The van der Waals surface area contributed by atoms with Crippen LogP contribution in [0.5, 0.6) is 5.75 Å². The normalized spacial score (nSPS) is 10.5. The lowest BCUT2D eigenvalue weighted by Crippen LogP contribution is -2.11. The number of amides is 1. The van der Waals surface area contributed by atoms with Crippen molar-refractivity contribution in [3.63, 3.8) is 0 Å². The van der Waals surface area contributed by atoms with Gasteiger partial charge in [-0.05, 0) is 18.6 Å². The third kappa shape index (κ3) is 6.55. The van der Waals surface area contributed by atoms with Gasteiger partial charge in [-0.25, -0.2) is 4.39 Å². The van der Waals surface area contributed by atoms with Gasteiger partial charge in [0, 0.05) is 18.2 Å². The highest BCUT2D eigenvalue weighted by molar-refractivity contribution is 5.90. The van der Waals surface area contributed by atoms with Gasteiger partial charge in [-0.1, -0.05) is 45.4 Å². The topological polar surface area (TPSA) is 49.3 Å². The second-order valence-electron chi connectivity index (χ2n) is 5.09. The van der Waals surface area contributed by atoms with E-state index in [9.17, 15) is 9.18 Å². The molecule has 0 spiro atoms. The van der Waals surface area contributed by atoms with Crippen molar-refractivity contribution in [2.45, 2.75) is 58.3 Å². The lowest BCUT2D eigenvalue weighted by atomic mass is 10.1. The van der Waals surface area contributed by atoms with E-state index in [1.807, 2.05) is 0 Å². The number of unbranched alkanes of at least 4 members (excludes halogenated alkanes) is 6. The van der Waals surface area contributed by atoms with Crippen LogP contribution < -0.4 is 5.32 Å². The van der Waals surface area contributed by atoms with Crippen molar-refractivity contribution >= 4 is 11.6 Å². The lowest BCUT2D eigenvalue weighted by molar-refractivity contribution is -0.116.